The quantitative estimate of drug-likeness (QED) is 0.644. The van der Waals surface area contributed by atoms with E-state index in [0.29, 0.717) is 12.0 Å². The molecule has 0 bridgehead atoms. The summed E-state index contributed by atoms with van der Waals surface area (Å²) in [5, 5.41) is 3.05. The van der Waals surface area contributed by atoms with Crippen molar-refractivity contribution >= 4 is 17.4 Å². The zero-order chi connectivity index (χ0) is 19.9. The molecule has 1 aliphatic heterocycles. The second-order valence-corrected chi connectivity index (χ2v) is 7.47. The molecular formula is C25H23NO2. The first-order valence-electron chi connectivity index (χ1n) is 9.60. The molecule has 1 heterocycles. The van der Waals surface area contributed by atoms with E-state index in [2.05, 4.69) is 5.32 Å². The topological polar surface area (TPSA) is 46.2 Å². The van der Waals surface area contributed by atoms with E-state index < -0.39 is 5.41 Å². The number of hydrogen-bond donors (Lipinski definition) is 1. The Bertz CT molecular complexity index is 1020. The van der Waals surface area contributed by atoms with E-state index in [9.17, 15) is 9.59 Å². The van der Waals surface area contributed by atoms with E-state index in [4.69, 9.17) is 0 Å². The number of nitrogens with one attached hydrogen (secondary N) is 1. The molecule has 0 aliphatic carbocycles. The third kappa shape index (κ3) is 2.66. The molecule has 0 saturated carbocycles. The van der Waals surface area contributed by atoms with Crippen molar-refractivity contribution in [2.24, 2.45) is 0 Å². The molecule has 0 saturated heterocycles. The Morgan fingerprint density at radius 2 is 1.39 bits per heavy atom. The highest BCUT2D eigenvalue weighted by Crippen LogP contribution is 2.48. The van der Waals surface area contributed by atoms with Crippen LogP contribution in [0, 0.1) is 13.8 Å². The number of carbonyl (C=O) groups excluding carboxylic acids is 2. The summed E-state index contributed by atoms with van der Waals surface area (Å²) in [5.74, 6) is -0.0137. The van der Waals surface area contributed by atoms with Crippen LogP contribution in [0.5, 0.6) is 0 Å². The number of aryl methyl sites for hydroxylation is 2. The van der Waals surface area contributed by atoms with Crippen LogP contribution in [0.25, 0.3) is 0 Å². The van der Waals surface area contributed by atoms with Crippen molar-refractivity contribution in [3.8, 4) is 0 Å². The summed E-state index contributed by atoms with van der Waals surface area (Å²) in [6.07, 6.45) is 0.433. The highest BCUT2D eigenvalue weighted by molar-refractivity contribution is 6.12. The van der Waals surface area contributed by atoms with Crippen LogP contribution in [0.3, 0.4) is 0 Å². The molecule has 1 amide bonds. The van der Waals surface area contributed by atoms with Crippen molar-refractivity contribution in [3.05, 3.63) is 100 Å². The Labute approximate surface area is 165 Å². The molecule has 0 aromatic heterocycles. The average molecular weight is 369 g/mol. The van der Waals surface area contributed by atoms with E-state index in [1.54, 1.807) is 6.07 Å². The van der Waals surface area contributed by atoms with E-state index in [-0.39, 0.29) is 11.7 Å². The lowest BCUT2D eigenvalue weighted by molar-refractivity contribution is -0.118. The Morgan fingerprint density at radius 1 is 0.857 bits per heavy atom. The lowest BCUT2D eigenvalue weighted by Gasteiger charge is -2.29. The molecule has 3 aromatic carbocycles. The molecule has 0 spiro atoms. The van der Waals surface area contributed by atoms with Gasteiger partial charge in [0.05, 0.1) is 0 Å². The molecule has 3 aromatic rings. The standard InChI is InChI=1S/C25H23NO2/c1-4-23(27)18-9-14-22-21(15-18)25(24(28)26-22,19-10-5-16(2)6-11-19)20-12-7-17(3)8-13-20/h5-15H,4H2,1-3H3,(H,26,28). The molecule has 1 N–H and O–H groups in total. The predicted octanol–water partition coefficient (Wildman–Crippen LogP) is 5.18. The lowest BCUT2D eigenvalue weighted by Crippen LogP contribution is -2.37. The number of rotatable bonds is 4. The third-order valence-corrected chi connectivity index (χ3v) is 5.62. The average Bonchev–Trinajstić information content (AvgIpc) is 3.00. The lowest BCUT2D eigenvalue weighted by atomic mass is 9.69. The minimum Gasteiger partial charge on any atom is -0.324 e. The highest BCUT2D eigenvalue weighted by Gasteiger charge is 2.49. The summed E-state index contributed by atoms with van der Waals surface area (Å²) in [4.78, 5) is 25.8. The van der Waals surface area contributed by atoms with Crippen LogP contribution < -0.4 is 5.32 Å². The van der Waals surface area contributed by atoms with Gasteiger partial charge in [-0.05, 0) is 43.2 Å². The monoisotopic (exact) mass is 369 g/mol. The maximum absolute atomic E-state index is 13.5. The van der Waals surface area contributed by atoms with Crippen molar-refractivity contribution in [1.29, 1.82) is 0 Å². The third-order valence-electron chi connectivity index (χ3n) is 5.62. The molecular weight excluding hydrogens is 346 g/mol. The van der Waals surface area contributed by atoms with E-state index in [1.165, 1.54) is 0 Å². The number of ketones is 1. The van der Waals surface area contributed by atoms with Crippen molar-refractivity contribution in [1.82, 2.24) is 0 Å². The van der Waals surface area contributed by atoms with Crippen LogP contribution in [0.2, 0.25) is 0 Å². The van der Waals surface area contributed by atoms with Gasteiger partial charge >= 0.3 is 0 Å². The van der Waals surface area contributed by atoms with Crippen LogP contribution in [-0.4, -0.2) is 11.7 Å². The van der Waals surface area contributed by atoms with Crippen molar-refractivity contribution in [3.63, 3.8) is 0 Å². The molecule has 0 radical (unpaired) electrons. The number of amides is 1. The molecule has 28 heavy (non-hydrogen) atoms. The first-order valence-corrected chi connectivity index (χ1v) is 9.60. The maximum atomic E-state index is 13.5. The fraction of sp³-hybridized carbons (Fsp3) is 0.200. The second kappa shape index (κ2) is 6.75. The van der Waals surface area contributed by atoms with Gasteiger partial charge in [0.1, 0.15) is 5.41 Å². The fourth-order valence-corrected chi connectivity index (χ4v) is 4.03. The molecule has 3 heteroatoms. The highest BCUT2D eigenvalue weighted by atomic mass is 16.2. The zero-order valence-electron chi connectivity index (χ0n) is 16.4. The smallest absolute Gasteiger partial charge is 0.244 e. The van der Waals surface area contributed by atoms with Gasteiger partial charge < -0.3 is 5.32 Å². The van der Waals surface area contributed by atoms with Crippen molar-refractivity contribution in [2.75, 3.05) is 5.32 Å². The number of benzene rings is 3. The Kier molecular flexibility index (Phi) is 4.38. The SMILES string of the molecule is CCC(=O)c1ccc2c(c1)C(c1ccc(C)cc1)(c1ccc(C)cc1)C(=O)N2. The number of fused-ring (bicyclic) bond motifs is 1. The molecule has 0 unspecified atom stereocenters. The van der Waals surface area contributed by atoms with Crippen LogP contribution in [0.1, 0.15) is 51.5 Å². The van der Waals surface area contributed by atoms with E-state index in [1.807, 2.05) is 81.4 Å². The normalized spacial score (nSPS) is 14.5. The number of Topliss-reactive ketones (excluding diaryl/α,β-unsaturated/α-hetero) is 1. The van der Waals surface area contributed by atoms with Crippen LogP contribution in [0.15, 0.2) is 66.7 Å². The molecule has 0 atom stereocenters. The zero-order valence-corrected chi connectivity index (χ0v) is 16.4. The van der Waals surface area contributed by atoms with Gasteiger partial charge in [0.15, 0.2) is 5.78 Å². The van der Waals surface area contributed by atoms with E-state index >= 15 is 0 Å². The number of hydrogen-bond acceptors (Lipinski definition) is 2. The molecule has 0 fully saturated rings. The van der Waals surface area contributed by atoms with Crippen LogP contribution in [-0.2, 0) is 10.2 Å². The van der Waals surface area contributed by atoms with Gasteiger partial charge in [-0.25, -0.2) is 0 Å². The first kappa shape index (κ1) is 18.2. The van der Waals surface area contributed by atoms with Gasteiger partial charge in [-0.2, -0.15) is 0 Å². The molecule has 140 valence electrons. The van der Waals surface area contributed by atoms with Gasteiger partial charge in [-0.3, -0.25) is 9.59 Å². The molecule has 4 rings (SSSR count). The minimum atomic E-state index is -0.971. The van der Waals surface area contributed by atoms with Gasteiger partial charge in [-0.15, -0.1) is 0 Å². The largest absolute Gasteiger partial charge is 0.324 e. The summed E-state index contributed by atoms with van der Waals surface area (Å²) >= 11 is 0. The number of anilines is 1. The van der Waals surface area contributed by atoms with E-state index in [0.717, 1.165) is 33.5 Å². The van der Waals surface area contributed by atoms with Crippen molar-refractivity contribution < 1.29 is 9.59 Å². The second-order valence-electron chi connectivity index (χ2n) is 7.47. The van der Waals surface area contributed by atoms with Crippen LogP contribution >= 0.6 is 0 Å². The van der Waals surface area contributed by atoms with Gasteiger partial charge in [0.2, 0.25) is 5.91 Å². The minimum absolute atomic E-state index is 0.0730. The van der Waals surface area contributed by atoms with Gasteiger partial charge in [0.25, 0.3) is 0 Å². The summed E-state index contributed by atoms with van der Waals surface area (Å²) in [7, 11) is 0. The number of carbonyl (C=O) groups is 2. The van der Waals surface area contributed by atoms with Crippen LogP contribution in [0.4, 0.5) is 5.69 Å². The summed E-state index contributed by atoms with van der Waals surface area (Å²) < 4.78 is 0. The Morgan fingerprint density at radius 3 is 1.89 bits per heavy atom. The fourth-order valence-electron chi connectivity index (χ4n) is 4.03. The molecule has 1 aliphatic rings. The summed E-state index contributed by atoms with van der Waals surface area (Å²) in [6.45, 7) is 5.91. The Balaban J connectivity index is 2.04. The molecule has 3 nitrogen and oxygen atoms in total. The van der Waals surface area contributed by atoms with Gasteiger partial charge in [0, 0.05) is 23.2 Å². The predicted molar refractivity (Wildman–Crippen MR) is 112 cm³/mol. The first-order chi connectivity index (χ1) is 13.5. The summed E-state index contributed by atoms with van der Waals surface area (Å²) in [5.41, 5.74) is 5.34. The maximum Gasteiger partial charge on any atom is 0.244 e. The Hall–Kier alpha value is -3.20. The van der Waals surface area contributed by atoms with Gasteiger partial charge in [-0.1, -0.05) is 66.6 Å². The summed E-state index contributed by atoms with van der Waals surface area (Å²) in [6, 6.07) is 21.7. The van der Waals surface area contributed by atoms with Crippen molar-refractivity contribution in [2.45, 2.75) is 32.6 Å².